The highest BCUT2D eigenvalue weighted by molar-refractivity contribution is 7.18. The fourth-order valence-corrected chi connectivity index (χ4v) is 4.18. The van der Waals surface area contributed by atoms with Crippen molar-refractivity contribution in [2.75, 3.05) is 24.9 Å². The van der Waals surface area contributed by atoms with E-state index in [1.165, 1.54) is 23.1 Å². The summed E-state index contributed by atoms with van der Waals surface area (Å²) in [7, 11) is 3.75. The van der Waals surface area contributed by atoms with Crippen molar-refractivity contribution in [3.8, 4) is 11.5 Å². The number of aryl methyl sites for hydroxylation is 1. The summed E-state index contributed by atoms with van der Waals surface area (Å²) in [5, 5.41) is 8.77. The quantitative estimate of drug-likeness (QED) is 0.255. The maximum atomic E-state index is 15.4. The zero-order valence-corrected chi connectivity index (χ0v) is 19.8. The summed E-state index contributed by atoms with van der Waals surface area (Å²) in [5.74, 6) is -8.55. The van der Waals surface area contributed by atoms with Crippen LogP contribution in [0.3, 0.4) is 0 Å². The normalized spacial score (nSPS) is 11.4. The van der Waals surface area contributed by atoms with Crippen LogP contribution in [0.4, 0.5) is 34.9 Å². The van der Waals surface area contributed by atoms with Gasteiger partial charge in [0.1, 0.15) is 17.1 Å². The summed E-state index contributed by atoms with van der Waals surface area (Å²) in [6, 6.07) is 2.20. The van der Waals surface area contributed by atoms with Gasteiger partial charge in [0, 0.05) is 25.4 Å². The lowest BCUT2D eigenvalue weighted by Crippen LogP contribution is -2.20. The number of nitrogens with zero attached hydrogens (tertiary/aromatic N) is 4. The van der Waals surface area contributed by atoms with Gasteiger partial charge in [-0.25, -0.2) is 18.7 Å². The Morgan fingerprint density at radius 1 is 1.19 bits per heavy atom. The van der Waals surface area contributed by atoms with Crippen LogP contribution in [0.25, 0.3) is 10.2 Å². The van der Waals surface area contributed by atoms with Gasteiger partial charge < -0.3 is 20.1 Å². The maximum absolute atomic E-state index is 15.4. The van der Waals surface area contributed by atoms with Gasteiger partial charge in [-0.2, -0.15) is 13.9 Å². The van der Waals surface area contributed by atoms with E-state index in [1.807, 2.05) is 0 Å². The second-order valence-electron chi connectivity index (χ2n) is 7.30. The van der Waals surface area contributed by atoms with Crippen LogP contribution in [0.15, 0.2) is 37.2 Å². The molecule has 3 heterocycles. The van der Waals surface area contributed by atoms with Gasteiger partial charge in [0.2, 0.25) is 5.91 Å². The number of aromatic nitrogens is 4. The molecule has 0 unspecified atom stereocenters. The highest BCUT2D eigenvalue weighted by atomic mass is 32.1. The molecule has 0 bridgehead atoms. The number of fused-ring (bicyclic) bond motifs is 1. The van der Waals surface area contributed by atoms with Gasteiger partial charge in [-0.15, -0.1) is 11.3 Å². The van der Waals surface area contributed by atoms with E-state index in [0.717, 1.165) is 26.4 Å². The Kier molecular flexibility index (Phi) is 6.54. The Morgan fingerprint density at radius 2 is 1.86 bits per heavy atom. The number of pyridine rings is 1. The molecule has 0 aliphatic rings. The Labute approximate surface area is 205 Å². The molecular formula is C22H18F4N6O3S. The molecule has 0 spiro atoms. The van der Waals surface area contributed by atoms with E-state index in [9.17, 15) is 13.6 Å². The van der Waals surface area contributed by atoms with Crippen LogP contribution in [-0.4, -0.2) is 39.9 Å². The SMILES string of the molecule is C=CC(=O)Nc1cn(C)nc1Nc1cc2nc(C(F)(F)c3c(F)c(OC)cc(OC)c3F)sc2cn1. The Morgan fingerprint density at radius 3 is 2.47 bits per heavy atom. The topological polar surface area (TPSA) is 103 Å². The molecule has 1 aromatic carbocycles. The lowest BCUT2D eigenvalue weighted by molar-refractivity contribution is -0.111. The molecular weight excluding hydrogens is 504 g/mol. The molecule has 0 aliphatic heterocycles. The van der Waals surface area contributed by atoms with Crippen molar-refractivity contribution in [3.63, 3.8) is 0 Å². The summed E-state index contributed by atoms with van der Waals surface area (Å²) < 4.78 is 71.5. The minimum Gasteiger partial charge on any atom is -0.494 e. The molecule has 0 aliphatic carbocycles. The molecule has 0 saturated carbocycles. The van der Waals surface area contributed by atoms with E-state index in [4.69, 9.17) is 9.47 Å². The molecule has 1 amide bonds. The number of thiazole rings is 1. The molecule has 9 nitrogen and oxygen atoms in total. The first-order chi connectivity index (χ1) is 17.1. The van der Waals surface area contributed by atoms with E-state index >= 15 is 8.78 Å². The van der Waals surface area contributed by atoms with Crippen LogP contribution >= 0.6 is 11.3 Å². The number of halogens is 4. The average Bonchev–Trinajstić information content (AvgIpc) is 3.42. The molecule has 36 heavy (non-hydrogen) atoms. The number of methoxy groups -OCH3 is 2. The zero-order chi connectivity index (χ0) is 26.2. The summed E-state index contributed by atoms with van der Waals surface area (Å²) >= 11 is 0.523. The van der Waals surface area contributed by atoms with Crippen molar-refractivity contribution >= 4 is 44.8 Å². The van der Waals surface area contributed by atoms with Crippen molar-refractivity contribution in [1.29, 1.82) is 0 Å². The monoisotopic (exact) mass is 522 g/mol. The standard InChI is InChI=1S/C22H18F4N6O3S/c1-5-16(33)28-11-9-32(2)31-20(11)30-15-6-10-14(8-27-15)36-21(29-10)22(25,26)17-18(23)12(34-3)7-13(35-4)19(17)24/h5-9H,1H2,2-4H3,(H,28,33)(H,27,30,31). The molecule has 0 atom stereocenters. The third kappa shape index (κ3) is 4.42. The summed E-state index contributed by atoms with van der Waals surface area (Å²) in [4.78, 5) is 19.7. The number of anilines is 3. The second-order valence-corrected chi connectivity index (χ2v) is 8.33. The Balaban J connectivity index is 1.72. The van der Waals surface area contributed by atoms with Gasteiger partial charge in [0.05, 0.1) is 30.6 Å². The fraction of sp³-hybridized carbons (Fsp3) is 0.182. The summed E-state index contributed by atoms with van der Waals surface area (Å²) in [5.41, 5.74) is -1.12. The van der Waals surface area contributed by atoms with E-state index in [-0.39, 0.29) is 21.9 Å². The van der Waals surface area contributed by atoms with Crippen LogP contribution in [0.2, 0.25) is 0 Å². The van der Waals surface area contributed by atoms with Crippen molar-refractivity contribution in [2.45, 2.75) is 5.92 Å². The van der Waals surface area contributed by atoms with Crippen molar-refractivity contribution < 1.29 is 31.8 Å². The number of carbonyl (C=O) groups excluding carboxylic acids is 1. The van der Waals surface area contributed by atoms with Crippen LogP contribution in [0, 0.1) is 11.6 Å². The van der Waals surface area contributed by atoms with Crippen LogP contribution in [-0.2, 0) is 17.8 Å². The fourth-order valence-electron chi connectivity index (χ4n) is 3.28. The first-order valence-corrected chi connectivity index (χ1v) is 10.9. The molecule has 3 aromatic heterocycles. The number of benzene rings is 1. The van der Waals surface area contributed by atoms with Crippen LogP contribution in [0.5, 0.6) is 11.5 Å². The Bertz CT molecular complexity index is 1460. The first-order valence-electron chi connectivity index (χ1n) is 10.1. The number of rotatable bonds is 8. The van der Waals surface area contributed by atoms with Crippen LogP contribution < -0.4 is 20.1 Å². The van der Waals surface area contributed by atoms with Crippen molar-refractivity contribution in [1.82, 2.24) is 19.7 Å². The number of amides is 1. The predicted octanol–water partition coefficient (Wildman–Crippen LogP) is 4.73. The molecule has 14 heteroatoms. The van der Waals surface area contributed by atoms with Gasteiger partial charge >= 0.3 is 5.92 Å². The Hall–Kier alpha value is -4.20. The van der Waals surface area contributed by atoms with Gasteiger partial charge in [-0.3, -0.25) is 9.48 Å². The minimum atomic E-state index is -4.16. The molecule has 2 N–H and O–H groups in total. The maximum Gasteiger partial charge on any atom is 0.330 e. The largest absolute Gasteiger partial charge is 0.494 e. The van der Waals surface area contributed by atoms with E-state index in [0.29, 0.717) is 17.0 Å². The third-order valence-corrected chi connectivity index (χ3v) is 6.03. The van der Waals surface area contributed by atoms with Crippen molar-refractivity contribution in [3.05, 3.63) is 59.4 Å². The number of nitrogens with one attached hydrogen (secondary N) is 2. The lowest BCUT2D eigenvalue weighted by atomic mass is 10.1. The smallest absolute Gasteiger partial charge is 0.330 e. The van der Waals surface area contributed by atoms with E-state index in [2.05, 4.69) is 32.3 Å². The molecule has 0 saturated heterocycles. The predicted molar refractivity (Wildman–Crippen MR) is 125 cm³/mol. The molecule has 0 radical (unpaired) electrons. The number of carbonyl (C=O) groups is 1. The van der Waals surface area contributed by atoms with Gasteiger partial charge in [-0.1, -0.05) is 6.58 Å². The van der Waals surface area contributed by atoms with E-state index in [1.54, 1.807) is 7.05 Å². The van der Waals surface area contributed by atoms with Crippen molar-refractivity contribution in [2.24, 2.45) is 7.05 Å². The number of ether oxygens (including phenoxy) is 2. The average molecular weight is 522 g/mol. The summed E-state index contributed by atoms with van der Waals surface area (Å²) in [6.07, 6.45) is 3.90. The minimum absolute atomic E-state index is 0.0930. The van der Waals surface area contributed by atoms with Gasteiger partial charge in [-0.05, 0) is 6.08 Å². The molecule has 4 aromatic rings. The number of alkyl halides is 2. The first kappa shape index (κ1) is 24.9. The van der Waals surface area contributed by atoms with Gasteiger partial charge in [0.25, 0.3) is 0 Å². The van der Waals surface area contributed by atoms with Crippen LogP contribution in [0.1, 0.15) is 10.6 Å². The summed E-state index contributed by atoms with van der Waals surface area (Å²) in [6.45, 7) is 3.38. The zero-order valence-electron chi connectivity index (χ0n) is 19.0. The molecule has 188 valence electrons. The molecule has 0 fully saturated rings. The highest BCUT2D eigenvalue weighted by Gasteiger charge is 2.45. The second kappa shape index (κ2) is 9.45. The third-order valence-electron chi connectivity index (χ3n) is 4.95. The lowest BCUT2D eigenvalue weighted by Gasteiger charge is -2.18. The highest BCUT2D eigenvalue weighted by Crippen LogP contribution is 2.46. The molecule has 4 rings (SSSR count). The number of hydrogen-bond donors (Lipinski definition) is 2. The number of hydrogen-bond acceptors (Lipinski definition) is 8. The van der Waals surface area contributed by atoms with E-state index < -0.39 is 45.5 Å². The van der Waals surface area contributed by atoms with Gasteiger partial charge in [0.15, 0.2) is 34.0 Å².